The molecule has 0 spiro atoms. The lowest BCUT2D eigenvalue weighted by atomic mass is 9.93. The predicted molar refractivity (Wildman–Crippen MR) is 62.2 cm³/mol. The molecule has 0 saturated carbocycles. The monoisotopic (exact) mass is 240 g/mol. The number of nitrogens with one attached hydrogen (secondary N) is 1. The van der Waals surface area contributed by atoms with Crippen LogP contribution >= 0.6 is 11.8 Å². The maximum absolute atomic E-state index is 5.40. The largest absolute Gasteiger partial charge is 0.381 e. The predicted octanol–water partition coefficient (Wildman–Crippen LogP) is 1.03. The minimum Gasteiger partial charge on any atom is -0.381 e. The number of thioether (sulfide) groups is 1. The van der Waals surface area contributed by atoms with Gasteiger partial charge < -0.3 is 10.2 Å². The van der Waals surface area contributed by atoms with Gasteiger partial charge in [-0.2, -0.15) is 0 Å². The Hall–Kier alpha value is -0.750. The van der Waals surface area contributed by atoms with E-state index in [4.69, 9.17) is 4.74 Å². The molecule has 3 rings (SSSR count). The Kier molecular flexibility index (Phi) is 2.77. The first-order chi connectivity index (χ1) is 7.84. The number of ether oxygens (including phenoxy) is 1. The summed E-state index contributed by atoms with van der Waals surface area (Å²) in [6, 6.07) is 0.524. The van der Waals surface area contributed by atoms with E-state index in [0.717, 1.165) is 48.7 Å². The number of hydrogen-bond acceptors (Lipinski definition) is 5. The first-order valence-corrected chi connectivity index (χ1v) is 6.72. The van der Waals surface area contributed by atoms with Gasteiger partial charge in [-0.25, -0.2) is 4.68 Å². The number of hydrogen-bond donors (Lipinski definition) is 1. The van der Waals surface area contributed by atoms with Crippen LogP contribution in [0.2, 0.25) is 0 Å². The highest BCUT2D eigenvalue weighted by molar-refractivity contribution is 7.99. The summed E-state index contributed by atoms with van der Waals surface area (Å²) >= 11 is 1.80. The van der Waals surface area contributed by atoms with Gasteiger partial charge in [-0.3, -0.25) is 0 Å². The Morgan fingerprint density at radius 1 is 1.38 bits per heavy atom. The highest BCUT2D eigenvalue weighted by atomic mass is 32.2. The van der Waals surface area contributed by atoms with Crippen molar-refractivity contribution >= 4 is 11.8 Å². The summed E-state index contributed by atoms with van der Waals surface area (Å²) in [5.74, 6) is 2.75. The minimum absolute atomic E-state index is 0.524. The van der Waals surface area contributed by atoms with Crippen LogP contribution in [0.25, 0.3) is 0 Å². The molecular weight excluding hydrogens is 224 g/mol. The van der Waals surface area contributed by atoms with Gasteiger partial charge in [0.15, 0.2) is 0 Å². The summed E-state index contributed by atoms with van der Waals surface area (Å²) in [5, 5.41) is 9.19. The van der Waals surface area contributed by atoms with Gasteiger partial charge in [-0.05, 0) is 25.7 Å². The maximum Gasteiger partial charge on any atom is 0.210 e. The molecule has 0 radical (unpaired) electrons. The minimum atomic E-state index is 0.524. The second-order valence-electron chi connectivity index (χ2n) is 4.36. The molecule has 2 aliphatic rings. The molecule has 2 aliphatic heterocycles. The van der Waals surface area contributed by atoms with Crippen molar-refractivity contribution in [3.63, 3.8) is 0 Å². The Morgan fingerprint density at radius 3 is 3.00 bits per heavy atom. The lowest BCUT2D eigenvalue weighted by Crippen LogP contribution is -2.42. The smallest absolute Gasteiger partial charge is 0.210 e. The molecule has 1 saturated heterocycles. The zero-order valence-corrected chi connectivity index (χ0v) is 10.2. The van der Waals surface area contributed by atoms with Gasteiger partial charge in [0.1, 0.15) is 5.82 Å². The summed E-state index contributed by atoms with van der Waals surface area (Å²) in [4.78, 5) is 0. The average molecular weight is 240 g/mol. The van der Waals surface area contributed by atoms with E-state index < -0.39 is 0 Å². The molecule has 1 fully saturated rings. The van der Waals surface area contributed by atoms with E-state index in [0.29, 0.717) is 6.04 Å². The van der Waals surface area contributed by atoms with E-state index in [-0.39, 0.29) is 0 Å². The molecule has 1 atom stereocenters. The van der Waals surface area contributed by atoms with E-state index in [2.05, 4.69) is 15.6 Å². The van der Waals surface area contributed by atoms with E-state index in [1.54, 1.807) is 11.8 Å². The first kappa shape index (κ1) is 10.4. The molecule has 16 heavy (non-hydrogen) atoms. The van der Waals surface area contributed by atoms with Crippen molar-refractivity contribution < 1.29 is 4.74 Å². The van der Waals surface area contributed by atoms with Gasteiger partial charge in [0.05, 0.1) is 6.04 Å². The van der Waals surface area contributed by atoms with E-state index in [1.165, 1.54) is 0 Å². The van der Waals surface area contributed by atoms with Crippen LogP contribution in [0, 0.1) is 12.8 Å². The van der Waals surface area contributed by atoms with Gasteiger partial charge in [0.25, 0.3) is 0 Å². The third kappa shape index (κ3) is 1.80. The summed E-state index contributed by atoms with van der Waals surface area (Å²) in [7, 11) is 0. The van der Waals surface area contributed by atoms with Crippen LogP contribution in [-0.2, 0) is 4.74 Å². The summed E-state index contributed by atoms with van der Waals surface area (Å²) < 4.78 is 7.42. The van der Waals surface area contributed by atoms with Crippen molar-refractivity contribution in [1.29, 1.82) is 0 Å². The van der Waals surface area contributed by atoms with Gasteiger partial charge in [0.2, 0.25) is 5.16 Å². The Labute approximate surface area is 98.9 Å². The molecule has 0 aromatic carbocycles. The SMILES string of the molecule is Cc1nnc2n1NC(C1CCOCC1)CS2. The van der Waals surface area contributed by atoms with Crippen LogP contribution in [0.1, 0.15) is 18.7 Å². The molecule has 6 heteroatoms. The maximum atomic E-state index is 5.40. The average Bonchev–Trinajstić information content (AvgIpc) is 2.72. The fourth-order valence-corrected chi connectivity index (χ4v) is 3.40. The van der Waals surface area contributed by atoms with Crippen LogP contribution in [0.4, 0.5) is 0 Å². The zero-order chi connectivity index (χ0) is 11.0. The lowest BCUT2D eigenvalue weighted by molar-refractivity contribution is 0.0611. The number of nitrogens with zero attached hydrogens (tertiary/aromatic N) is 3. The van der Waals surface area contributed by atoms with E-state index in [9.17, 15) is 0 Å². The number of aryl methyl sites for hydroxylation is 1. The molecule has 5 nitrogen and oxygen atoms in total. The molecule has 1 aromatic heterocycles. The number of aromatic nitrogens is 3. The molecule has 1 unspecified atom stereocenters. The van der Waals surface area contributed by atoms with Crippen LogP contribution in [0.15, 0.2) is 5.16 Å². The molecule has 3 heterocycles. The normalized spacial score (nSPS) is 26.2. The van der Waals surface area contributed by atoms with Gasteiger partial charge >= 0.3 is 0 Å². The Bertz CT molecular complexity index is 375. The van der Waals surface area contributed by atoms with Crippen molar-refractivity contribution in [2.24, 2.45) is 5.92 Å². The van der Waals surface area contributed by atoms with Crippen molar-refractivity contribution in [1.82, 2.24) is 14.9 Å². The fourth-order valence-electron chi connectivity index (χ4n) is 2.31. The first-order valence-electron chi connectivity index (χ1n) is 5.73. The summed E-state index contributed by atoms with van der Waals surface area (Å²) in [5.41, 5.74) is 3.53. The molecule has 0 amide bonds. The fraction of sp³-hybridized carbons (Fsp3) is 0.800. The lowest BCUT2D eigenvalue weighted by Gasteiger charge is -2.34. The van der Waals surface area contributed by atoms with Gasteiger partial charge in [-0.1, -0.05) is 11.8 Å². The summed E-state index contributed by atoms with van der Waals surface area (Å²) in [6.07, 6.45) is 2.32. The zero-order valence-electron chi connectivity index (χ0n) is 9.35. The van der Waals surface area contributed by atoms with Gasteiger partial charge in [-0.15, -0.1) is 10.2 Å². The Balaban J connectivity index is 1.73. The molecular formula is C10H16N4OS. The highest BCUT2D eigenvalue weighted by Gasteiger charge is 2.29. The quantitative estimate of drug-likeness (QED) is 0.794. The molecule has 1 N–H and O–H groups in total. The third-order valence-electron chi connectivity index (χ3n) is 3.32. The summed E-state index contributed by atoms with van der Waals surface area (Å²) in [6.45, 7) is 3.79. The van der Waals surface area contributed by atoms with Gasteiger partial charge in [0, 0.05) is 19.0 Å². The van der Waals surface area contributed by atoms with Crippen LogP contribution < -0.4 is 5.43 Å². The van der Waals surface area contributed by atoms with E-state index in [1.807, 2.05) is 11.6 Å². The van der Waals surface area contributed by atoms with Crippen molar-refractivity contribution in [3.8, 4) is 0 Å². The standard InChI is InChI=1S/C10H16N4OS/c1-7-11-12-10-14(7)13-9(6-16-10)8-2-4-15-5-3-8/h8-9,13H,2-6H2,1H3. The van der Waals surface area contributed by atoms with Crippen molar-refractivity contribution in [2.75, 3.05) is 24.4 Å². The Morgan fingerprint density at radius 2 is 2.19 bits per heavy atom. The number of rotatable bonds is 1. The third-order valence-corrected chi connectivity index (χ3v) is 4.37. The molecule has 88 valence electrons. The van der Waals surface area contributed by atoms with Crippen molar-refractivity contribution in [2.45, 2.75) is 31.0 Å². The van der Waals surface area contributed by atoms with Crippen LogP contribution in [0.3, 0.4) is 0 Å². The molecule has 1 aromatic rings. The second kappa shape index (κ2) is 4.25. The second-order valence-corrected chi connectivity index (χ2v) is 5.35. The van der Waals surface area contributed by atoms with Crippen LogP contribution in [0.5, 0.6) is 0 Å². The molecule has 0 aliphatic carbocycles. The van der Waals surface area contributed by atoms with E-state index >= 15 is 0 Å². The molecule has 0 bridgehead atoms. The topological polar surface area (TPSA) is 52.0 Å². The highest BCUT2D eigenvalue weighted by Crippen LogP contribution is 2.28. The van der Waals surface area contributed by atoms with Crippen molar-refractivity contribution in [3.05, 3.63) is 5.82 Å². The number of fused-ring (bicyclic) bond motifs is 1. The van der Waals surface area contributed by atoms with Crippen LogP contribution in [-0.4, -0.2) is 39.9 Å².